The van der Waals surface area contributed by atoms with Gasteiger partial charge < -0.3 is 5.32 Å². The van der Waals surface area contributed by atoms with Crippen molar-refractivity contribution in [2.45, 2.75) is 12.7 Å². The Balaban J connectivity index is 1.77. The van der Waals surface area contributed by atoms with E-state index in [1.165, 1.54) is 6.33 Å². The van der Waals surface area contributed by atoms with Crippen LogP contribution in [-0.4, -0.2) is 24.7 Å². The summed E-state index contributed by atoms with van der Waals surface area (Å²) in [5.41, 5.74) is -0.154. The molecule has 6 nitrogen and oxygen atoms in total. The molecule has 0 aliphatic rings. The maximum absolute atomic E-state index is 12.6. The molecule has 9 heteroatoms. The standard InChI is InChI=1S/C14H11F3N6/c15-14(16,17)11-6-7-18-13(21-11)19-8-12-22-20-9-23(12)10-4-2-1-3-5-10/h1-7,9H,8H2,(H,18,19,21). The SMILES string of the molecule is FC(F)(F)c1ccnc(NCc2nncn2-c2ccccc2)n1. The molecule has 0 aliphatic carbocycles. The summed E-state index contributed by atoms with van der Waals surface area (Å²) in [5.74, 6) is 0.402. The lowest BCUT2D eigenvalue weighted by Crippen LogP contribution is -2.13. The average Bonchev–Trinajstić information content (AvgIpc) is 3.02. The maximum Gasteiger partial charge on any atom is 0.433 e. The van der Waals surface area contributed by atoms with Crippen LogP contribution < -0.4 is 5.32 Å². The molecular weight excluding hydrogens is 309 g/mol. The summed E-state index contributed by atoms with van der Waals surface area (Å²) < 4.78 is 39.6. The van der Waals surface area contributed by atoms with E-state index >= 15 is 0 Å². The van der Waals surface area contributed by atoms with Crippen LogP contribution in [0.3, 0.4) is 0 Å². The highest BCUT2D eigenvalue weighted by Gasteiger charge is 2.32. The van der Waals surface area contributed by atoms with Gasteiger partial charge in [0.05, 0.1) is 6.54 Å². The van der Waals surface area contributed by atoms with Crippen LogP contribution in [0.4, 0.5) is 19.1 Å². The molecule has 0 atom stereocenters. The van der Waals surface area contributed by atoms with Crippen molar-refractivity contribution >= 4 is 5.95 Å². The number of halogens is 3. The van der Waals surface area contributed by atoms with Crippen molar-refractivity contribution in [3.63, 3.8) is 0 Å². The van der Waals surface area contributed by atoms with Crippen LogP contribution in [0.15, 0.2) is 48.9 Å². The van der Waals surface area contributed by atoms with Gasteiger partial charge in [-0.15, -0.1) is 10.2 Å². The fourth-order valence-corrected chi connectivity index (χ4v) is 1.94. The van der Waals surface area contributed by atoms with Gasteiger partial charge in [0.2, 0.25) is 5.95 Å². The predicted octanol–water partition coefficient (Wildman–Crippen LogP) is 2.69. The largest absolute Gasteiger partial charge is 0.433 e. The lowest BCUT2D eigenvalue weighted by molar-refractivity contribution is -0.141. The van der Waals surface area contributed by atoms with Crippen molar-refractivity contribution in [2.75, 3.05) is 5.32 Å². The van der Waals surface area contributed by atoms with Gasteiger partial charge in [-0.25, -0.2) is 9.97 Å². The number of nitrogens with zero attached hydrogens (tertiary/aromatic N) is 5. The molecule has 2 aromatic heterocycles. The molecule has 0 fully saturated rings. The summed E-state index contributed by atoms with van der Waals surface area (Å²) in [5, 5.41) is 10.5. The van der Waals surface area contributed by atoms with Gasteiger partial charge in [0.1, 0.15) is 12.0 Å². The number of anilines is 1. The monoisotopic (exact) mass is 320 g/mol. The number of rotatable bonds is 4. The van der Waals surface area contributed by atoms with Crippen LogP contribution in [0, 0.1) is 0 Å². The minimum Gasteiger partial charge on any atom is -0.347 e. The van der Waals surface area contributed by atoms with Crippen LogP contribution in [0.1, 0.15) is 11.5 Å². The number of hydrogen-bond donors (Lipinski definition) is 1. The first-order valence-corrected chi connectivity index (χ1v) is 6.62. The van der Waals surface area contributed by atoms with E-state index in [0.717, 1.165) is 18.0 Å². The Morgan fingerprint density at radius 3 is 2.61 bits per heavy atom. The second kappa shape index (κ2) is 6.03. The first kappa shape index (κ1) is 14.9. The highest BCUT2D eigenvalue weighted by Crippen LogP contribution is 2.27. The van der Waals surface area contributed by atoms with E-state index in [-0.39, 0.29) is 12.5 Å². The van der Waals surface area contributed by atoms with E-state index in [9.17, 15) is 13.2 Å². The second-order valence-electron chi connectivity index (χ2n) is 4.57. The molecule has 0 spiro atoms. The normalized spacial score (nSPS) is 11.4. The fraction of sp³-hybridized carbons (Fsp3) is 0.143. The molecule has 0 saturated carbocycles. The molecule has 0 aliphatic heterocycles. The van der Waals surface area contributed by atoms with Gasteiger partial charge in [-0.3, -0.25) is 4.57 Å². The zero-order chi connectivity index (χ0) is 16.3. The Labute approximate surface area is 129 Å². The molecule has 0 amide bonds. The molecule has 1 N–H and O–H groups in total. The van der Waals surface area contributed by atoms with Gasteiger partial charge in [0, 0.05) is 11.9 Å². The van der Waals surface area contributed by atoms with E-state index in [1.54, 1.807) is 4.57 Å². The van der Waals surface area contributed by atoms with E-state index in [1.807, 2.05) is 30.3 Å². The van der Waals surface area contributed by atoms with E-state index in [2.05, 4.69) is 25.5 Å². The van der Waals surface area contributed by atoms with E-state index < -0.39 is 11.9 Å². The summed E-state index contributed by atoms with van der Waals surface area (Å²) in [7, 11) is 0. The Morgan fingerprint density at radius 1 is 1.09 bits per heavy atom. The van der Waals surface area contributed by atoms with Gasteiger partial charge in [-0.1, -0.05) is 18.2 Å². The van der Waals surface area contributed by atoms with E-state index in [4.69, 9.17) is 0 Å². The molecule has 23 heavy (non-hydrogen) atoms. The zero-order valence-corrected chi connectivity index (χ0v) is 11.7. The number of nitrogens with one attached hydrogen (secondary N) is 1. The Hall–Kier alpha value is -2.97. The summed E-state index contributed by atoms with van der Waals surface area (Å²) in [4.78, 5) is 7.22. The highest BCUT2D eigenvalue weighted by atomic mass is 19.4. The van der Waals surface area contributed by atoms with Crippen molar-refractivity contribution in [2.24, 2.45) is 0 Å². The minimum atomic E-state index is -4.51. The first-order chi connectivity index (χ1) is 11.0. The average molecular weight is 320 g/mol. The third kappa shape index (κ3) is 3.44. The molecule has 0 bridgehead atoms. The fourth-order valence-electron chi connectivity index (χ4n) is 1.94. The molecule has 3 rings (SSSR count). The van der Waals surface area contributed by atoms with Gasteiger partial charge in [0.15, 0.2) is 5.82 Å². The summed E-state index contributed by atoms with van der Waals surface area (Å²) in [6.07, 6.45) is -1.93. The Kier molecular flexibility index (Phi) is 3.92. The summed E-state index contributed by atoms with van der Waals surface area (Å²) >= 11 is 0. The van der Waals surface area contributed by atoms with Gasteiger partial charge >= 0.3 is 6.18 Å². The van der Waals surface area contributed by atoms with Gasteiger partial charge in [0.25, 0.3) is 0 Å². The topological polar surface area (TPSA) is 68.5 Å². The number of benzene rings is 1. The minimum absolute atomic E-state index is 0.123. The number of aromatic nitrogens is 5. The second-order valence-corrected chi connectivity index (χ2v) is 4.57. The summed E-state index contributed by atoms with van der Waals surface area (Å²) in [6, 6.07) is 10.2. The predicted molar refractivity (Wildman–Crippen MR) is 75.7 cm³/mol. The quantitative estimate of drug-likeness (QED) is 0.800. The van der Waals surface area contributed by atoms with Crippen LogP contribution in [0.2, 0.25) is 0 Å². The lowest BCUT2D eigenvalue weighted by Gasteiger charge is -2.09. The third-order valence-corrected chi connectivity index (χ3v) is 3.00. The molecule has 0 saturated heterocycles. The van der Waals surface area contributed by atoms with Crippen molar-refractivity contribution in [1.82, 2.24) is 24.7 Å². The molecule has 1 aromatic carbocycles. The molecular formula is C14H11F3N6. The van der Waals surface area contributed by atoms with Crippen molar-refractivity contribution in [3.05, 3.63) is 60.4 Å². The highest BCUT2D eigenvalue weighted by molar-refractivity contribution is 5.33. The molecule has 118 valence electrons. The van der Waals surface area contributed by atoms with E-state index in [0.29, 0.717) is 5.82 Å². The van der Waals surface area contributed by atoms with Gasteiger partial charge in [-0.05, 0) is 18.2 Å². The smallest absolute Gasteiger partial charge is 0.347 e. The van der Waals surface area contributed by atoms with Crippen LogP contribution in [0.25, 0.3) is 5.69 Å². The van der Waals surface area contributed by atoms with Crippen LogP contribution in [-0.2, 0) is 12.7 Å². The third-order valence-electron chi connectivity index (χ3n) is 3.00. The number of para-hydroxylation sites is 1. The summed E-state index contributed by atoms with van der Waals surface area (Å²) in [6.45, 7) is 0.135. The van der Waals surface area contributed by atoms with Crippen LogP contribution in [0.5, 0.6) is 0 Å². The Morgan fingerprint density at radius 2 is 1.87 bits per heavy atom. The molecule has 3 aromatic rings. The first-order valence-electron chi connectivity index (χ1n) is 6.62. The number of hydrogen-bond acceptors (Lipinski definition) is 5. The van der Waals surface area contributed by atoms with Gasteiger partial charge in [-0.2, -0.15) is 13.2 Å². The molecule has 0 radical (unpaired) electrons. The Bertz CT molecular complexity index is 784. The van der Waals surface area contributed by atoms with Crippen molar-refractivity contribution < 1.29 is 13.2 Å². The number of alkyl halides is 3. The zero-order valence-electron chi connectivity index (χ0n) is 11.7. The molecule has 2 heterocycles. The maximum atomic E-state index is 12.6. The molecule has 0 unspecified atom stereocenters. The van der Waals surface area contributed by atoms with Crippen molar-refractivity contribution in [3.8, 4) is 5.69 Å². The lowest BCUT2D eigenvalue weighted by atomic mass is 10.3. The van der Waals surface area contributed by atoms with Crippen LogP contribution >= 0.6 is 0 Å². The van der Waals surface area contributed by atoms with Crippen molar-refractivity contribution in [1.29, 1.82) is 0 Å².